The Morgan fingerprint density at radius 1 is 1.33 bits per heavy atom. The SMILES string of the molecule is COC(=O)c1ccc(COC(C)CC(C)C)nc1. The lowest BCUT2D eigenvalue weighted by Gasteiger charge is -2.14. The summed E-state index contributed by atoms with van der Waals surface area (Å²) in [5.74, 6) is 0.248. The van der Waals surface area contributed by atoms with Crippen LogP contribution in [-0.4, -0.2) is 24.2 Å². The maximum absolute atomic E-state index is 11.2. The molecular formula is C14H21NO3. The first-order valence-corrected chi connectivity index (χ1v) is 6.17. The topological polar surface area (TPSA) is 48.4 Å². The molecule has 0 aliphatic heterocycles. The Labute approximate surface area is 108 Å². The van der Waals surface area contributed by atoms with E-state index in [1.54, 1.807) is 12.1 Å². The lowest BCUT2D eigenvalue weighted by atomic mass is 10.1. The van der Waals surface area contributed by atoms with Crippen molar-refractivity contribution in [3.8, 4) is 0 Å². The molecule has 100 valence electrons. The van der Waals surface area contributed by atoms with E-state index >= 15 is 0 Å². The number of hydrogen-bond acceptors (Lipinski definition) is 4. The number of ether oxygens (including phenoxy) is 2. The van der Waals surface area contributed by atoms with Crippen LogP contribution in [0.1, 0.15) is 43.2 Å². The molecule has 1 unspecified atom stereocenters. The van der Waals surface area contributed by atoms with Crippen molar-refractivity contribution in [1.82, 2.24) is 4.98 Å². The molecule has 0 bridgehead atoms. The molecule has 4 nitrogen and oxygen atoms in total. The number of hydrogen-bond donors (Lipinski definition) is 0. The Morgan fingerprint density at radius 2 is 2.06 bits per heavy atom. The van der Waals surface area contributed by atoms with Crippen molar-refractivity contribution in [2.45, 2.75) is 39.9 Å². The van der Waals surface area contributed by atoms with E-state index in [-0.39, 0.29) is 12.1 Å². The number of esters is 1. The van der Waals surface area contributed by atoms with Crippen molar-refractivity contribution in [1.29, 1.82) is 0 Å². The van der Waals surface area contributed by atoms with Gasteiger partial charge in [0.15, 0.2) is 0 Å². The minimum atomic E-state index is -0.372. The lowest BCUT2D eigenvalue weighted by molar-refractivity contribution is 0.0378. The molecular weight excluding hydrogens is 230 g/mol. The van der Waals surface area contributed by atoms with Crippen molar-refractivity contribution in [3.05, 3.63) is 29.6 Å². The van der Waals surface area contributed by atoms with E-state index in [1.165, 1.54) is 13.3 Å². The van der Waals surface area contributed by atoms with Gasteiger partial charge >= 0.3 is 5.97 Å². The summed E-state index contributed by atoms with van der Waals surface area (Å²) in [6, 6.07) is 3.49. The molecule has 0 fully saturated rings. The fraction of sp³-hybridized carbons (Fsp3) is 0.571. The fourth-order valence-corrected chi connectivity index (χ4v) is 1.71. The zero-order chi connectivity index (χ0) is 13.5. The number of aromatic nitrogens is 1. The zero-order valence-corrected chi connectivity index (χ0v) is 11.5. The molecule has 4 heteroatoms. The largest absolute Gasteiger partial charge is 0.465 e. The summed E-state index contributed by atoms with van der Waals surface area (Å²) in [5.41, 5.74) is 1.27. The smallest absolute Gasteiger partial charge is 0.339 e. The van der Waals surface area contributed by atoms with Crippen LogP contribution in [0.15, 0.2) is 18.3 Å². The van der Waals surface area contributed by atoms with Crippen LogP contribution in [0, 0.1) is 5.92 Å². The number of pyridine rings is 1. The molecule has 0 aliphatic carbocycles. The molecule has 0 spiro atoms. The highest BCUT2D eigenvalue weighted by molar-refractivity contribution is 5.88. The van der Waals surface area contributed by atoms with Crippen molar-refractivity contribution >= 4 is 5.97 Å². The summed E-state index contributed by atoms with van der Waals surface area (Å²) >= 11 is 0. The molecule has 0 saturated carbocycles. The standard InChI is InChI=1S/C14H21NO3/c1-10(2)7-11(3)18-9-13-6-5-12(8-15-13)14(16)17-4/h5-6,8,10-11H,7,9H2,1-4H3. The molecule has 1 aromatic rings. The van der Waals surface area contributed by atoms with Crippen molar-refractivity contribution in [3.63, 3.8) is 0 Å². The molecule has 1 atom stereocenters. The number of nitrogens with zero attached hydrogens (tertiary/aromatic N) is 1. The van der Waals surface area contributed by atoms with E-state index in [4.69, 9.17) is 4.74 Å². The summed E-state index contributed by atoms with van der Waals surface area (Å²) in [7, 11) is 1.35. The van der Waals surface area contributed by atoms with Gasteiger partial charge in [-0.1, -0.05) is 13.8 Å². The van der Waals surface area contributed by atoms with Crippen molar-refractivity contribution in [2.24, 2.45) is 5.92 Å². The van der Waals surface area contributed by atoms with Crippen molar-refractivity contribution in [2.75, 3.05) is 7.11 Å². The number of carbonyl (C=O) groups is 1. The first-order chi connectivity index (χ1) is 8.52. The summed E-state index contributed by atoms with van der Waals surface area (Å²) < 4.78 is 10.3. The first kappa shape index (κ1) is 14.6. The minimum absolute atomic E-state index is 0.215. The molecule has 0 radical (unpaired) electrons. The van der Waals surface area contributed by atoms with Gasteiger partial charge in [0.2, 0.25) is 0 Å². The Morgan fingerprint density at radius 3 is 2.56 bits per heavy atom. The average Bonchev–Trinajstić information content (AvgIpc) is 2.35. The zero-order valence-electron chi connectivity index (χ0n) is 11.5. The lowest BCUT2D eigenvalue weighted by Crippen LogP contribution is -2.12. The minimum Gasteiger partial charge on any atom is -0.465 e. The number of carbonyl (C=O) groups excluding carboxylic acids is 1. The van der Waals surface area contributed by atoms with Gasteiger partial charge in [-0.25, -0.2) is 4.79 Å². The van der Waals surface area contributed by atoms with E-state index in [2.05, 4.69) is 30.5 Å². The molecule has 1 aromatic heterocycles. The van der Waals surface area contributed by atoms with Crippen LogP contribution in [0.2, 0.25) is 0 Å². The van der Waals surface area contributed by atoms with Crippen molar-refractivity contribution < 1.29 is 14.3 Å². The Bertz CT molecular complexity index is 373. The predicted octanol–water partition coefficient (Wildman–Crippen LogP) is 2.82. The van der Waals surface area contributed by atoms with Gasteiger partial charge in [0, 0.05) is 6.20 Å². The second-order valence-corrected chi connectivity index (χ2v) is 4.78. The van der Waals surface area contributed by atoms with Crippen LogP contribution in [0.5, 0.6) is 0 Å². The Balaban J connectivity index is 2.46. The molecule has 0 aromatic carbocycles. The molecule has 1 rings (SSSR count). The maximum atomic E-state index is 11.2. The maximum Gasteiger partial charge on any atom is 0.339 e. The van der Waals surface area contributed by atoms with Gasteiger partial charge in [0.1, 0.15) is 0 Å². The third kappa shape index (κ3) is 4.84. The molecule has 0 amide bonds. The van der Waals surface area contributed by atoms with Crippen LogP contribution < -0.4 is 0 Å². The van der Waals surface area contributed by atoms with E-state index < -0.39 is 0 Å². The van der Waals surface area contributed by atoms with Gasteiger partial charge in [0.05, 0.1) is 31.1 Å². The Hall–Kier alpha value is -1.42. The van der Waals surface area contributed by atoms with Crippen LogP contribution >= 0.6 is 0 Å². The van der Waals surface area contributed by atoms with Crippen LogP contribution in [0.3, 0.4) is 0 Å². The molecule has 0 saturated heterocycles. The second-order valence-electron chi connectivity index (χ2n) is 4.78. The van der Waals surface area contributed by atoms with Crippen LogP contribution in [0.25, 0.3) is 0 Å². The highest BCUT2D eigenvalue weighted by Crippen LogP contribution is 2.10. The monoisotopic (exact) mass is 251 g/mol. The third-order valence-corrected chi connectivity index (χ3v) is 2.56. The second kappa shape index (κ2) is 7.11. The van der Waals surface area contributed by atoms with Gasteiger partial charge < -0.3 is 9.47 Å². The van der Waals surface area contributed by atoms with Crippen LogP contribution in [0.4, 0.5) is 0 Å². The van der Waals surface area contributed by atoms with Gasteiger partial charge in [-0.15, -0.1) is 0 Å². The highest BCUT2D eigenvalue weighted by atomic mass is 16.5. The summed E-state index contributed by atoms with van der Waals surface area (Å²) in [6.07, 6.45) is 2.75. The quantitative estimate of drug-likeness (QED) is 0.729. The van der Waals surface area contributed by atoms with E-state index in [0.717, 1.165) is 12.1 Å². The third-order valence-electron chi connectivity index (χ3n) is 2.56. The molecule has 0 aliphatic rings. The van der Waals surface area contributed by atoms with Gasteiger partial charge in [-0.2, -0.15) is 0 Å². The summed E-state index contributed by atoms with van der Waals surface area (Å²) in [5, 5.41) is 0. The average molecular weight is 251 g/mol. The number of rotatable bonds is 6. The molecule has 18 heavy (non-hydrogen) atoms. The van der Waals surface area contributed by atoms with Crippen LogP contribution in [-0.2, 0) is 16.1 Å². The Kier molecular flexibility index (Phi) is 5.78. The van der Waals surface area contributed by atoms with Gasteiger partial charge in [-0.3, -0.25) is 4.98 Å². The highest BCUT2D eigenvalue weighted by Gasteiger charge is 2.08. The van der Waals surface area contributed by atoms with Gasteiger partial charge in [0.25, 0.3) is 0 Å². The normalized spacial score (nSPS) is 12.5. The fourth-order valence-electron chi connectivity index (χ4n) is 1.71. The molecule has 0 N–H and O–H groups in total. The van der Waals surface area contributed by atoms with E-state index in [9.17, 15) is 4.79 Å². The van der Waals surface area contributed by atoms with E-state index in [1.807, 2.05) is 0 Å². The summed E-state index contributed by atoms with van der Waals surface area (Å²) in [6.45, 7) is 6.87. The predicted molar refractivity (Wildman–Crippen MR) is 69.3 cm³/mol. The van der Waals surface area contributed by atoms with E-state index in [0.29, 0.717) is 18.1 Å². The van der Waals surface area contributed by atoms with Gasteiger partial charge in [-0.05, 0) is 31.4 Å². The molecule has 1 heterocycles. The summed E-state index contributed by atoms with van der Waals surface area (Å²) in [4.78, 5) is 15.4. The number of methoxy groups -OCH3 is 1. The first-order valence-electron chi connectivity index (χ1n) is 6.17.